The summed E-state index contributed by atoms with van der Waals surface area (Å²) in [6.07, 6.45) is 1.25. The highest BCUT2D eigenvalue weighted by atomic mass is 35.5. The van der Waals surface area contributed by atoms with Crippen LogP contribution in [0.3, 0.4) is 0 Å². The van der Waals surface area contributed by atoms with Crippen LogP contribution in [0.4, 0.5) is 0 Å². The van der Waals surface area contributed by atoms with Crippen molar-refractivity contribution in [3.8, 4) is 28.0 Å². The zero-order valence-corrected chi connectivity index (χ0v) is 24.7. The normalized spacial score (nSPS) is 10.7. The summed E-state index contributed by atoms with van der Waals surface area (Å²) in [5, 5.41) is 13.3. The van der Waals surface area contributed by atoms with Crippen molar-refractivity contribution in [2.45, 2.75) is 12.8 Å². The summed E-state index contributed by atoms with van der Waals surface area (Å²) in [6.45, 7) is -0.157. The lowest BCUT2D eigenvalue weighted by Gasteiger charge is -2.20. The quantitative estimate of drug-likeness (QED) is 0.158. The SMILES string of the molecule is O=C(O)COc1c(-c2cccc(Cl)c2)cc(Cc2ccccc2)cc1-c1cccc(Cl)c1C(=O)NCCc1ccccc1. The second kappa shape index (κ2) is 14.1. The molecule has 0 aromatic heterocycles. The molecule has 2 N–H and O–H groups in total. The molecule has 0 aliphatic carbocycles. The number of carbonyl (C=O) groups is 2. The van der Waals surface area contributed by atoms with Crippen LogP contribution in [-0.2, 0) is 17.6 Å². The van der Waals surface area contributed by atoms with Crippen molar-refractivity contribution in [3.63, 3.8) is 0 Å². The number of carbonyl (C=O) groups excluding carboxylic acids is 1. The number of amides is 1. The summed E-state index contributed by atoms with van der Waals surface area (Å²) in [5.41, 5.74) is 5.91. The lowest BCUT2D eigenvalue weighted by molar-refractivity contribution is -0.139. The molecular formula is C36H29Cl2NO4. The van der Waals surface area contributed by atoms with Crippen LogP contribution in [-0.4, -0.2) is 30.1 Å². The number of carboxylic acids is 1. The zero-order valence-electron chi connectivity index (χ0n) is 23.2. The molecule has 0 fully saturated rings. The largest absolute Gasteiger partial charge is 0.481 e. The third-order valence-corrected chi connectivity index (χ3v) is 7.50. The van der Waals surface area contributed by atoms with Gasteiger partial charge in [0.2, 0.25) is 0 Å². The van der Waals surface area contributed by atoms with Gasteiger partial charge in [-0.3, -0.25) is 4.79 Å². The van der Waals surface area contributed by atoms with E-state index in [1.54, 1.807) is 30.3 Å². The van der Waals surface area contributed by atoms with Gasteiger partial charge in [-0.1, -0.05) is 108 Å². The highest BCUT2D eigenvalue weighted by Crippen LogP contribution is 2.43. The molecule has 216 valence electrons. The molecule has 0 spiro atoms. The highest BCUT2D eigenvalue weighted by Gasteiger charge is 2.23. The first-order valence-electron chi connectivity index (χ1n) is 13.8. The molecule has 0 bridgehead atoms. The van der Waals surface area contributed by atoms with E-state index in [-0.39, 0.29) is 16.5 Å². The molecule has 5 rings (SSSR count). The van der Waals surface area contributed by atoms with E-state index in [2.05, 4.69) is 5.32 Å². The van der Waals surface area contributed by atoms with Gasteiger partial charge in [0.1, 0.15) is 5.75 Å². The Morgan fingerprint density at radius 3 is 2.07 bits per heavy atom. The van der Waals surface area contributed by atoms with Crippen molar-refractivity contribution in [1.82, 2.24) is 5.32 Å². The van der Waals surface area contributed by atoms with Crippen LogP contribution in [0, 0.1) is 0 Å². The Balaban J connectivity index is 1.64. The topological polar surface area (TPSA) is 75.6 Å². The fraction of sp³-hybridized carbons (Fsp3) is 0.111. The summed E-state index contributed by atoms with van der Waals surface area (Å²) in [4.78, 5) is 25.3. The van der Waals surface area contributed by atoms with E-state index in [4.69, 9.17) is 27.9 Å². The molecular weight excluding hydrogens is 581 g/mol. The van der Waals surface area contributed by atoms with Gasteiger partial charge in [0.25, 0.3) is 5.91 Å². The van der Waals surface area contributed by atoms with Crippen molar-refractivity contribution in [2.75, 3.05) is 13.2 Å². The average molecular weight is 611 g/mol. The molecule has 5 aromatic rings. The summed E-state index contributed by atoms with van der Waals surface area (Å²) in [7, 11) is 0. The fourth-order valence-corrected chi connectivity index (χ4v) is 5.47. The van der Waals surface area contributed by atoms with E-state index in [9.17, 15) is 14.7 Å². The minimum Gasteiger partial charge on any atom is -0.481 e. The van der Waals surface area contributed by atoms with Gasteiger partial charge in [0, 0.05) is 22.7 Å². The van der Waals surface area contributed by atoms with Crippen LogP contribution in [0.2, 0.25) is 10.0 Å². The molecule has 7 heteroatoms. The second-order valence-corrected chi connectivity index (χ2v) is 10.9. The number of halogens is 2. The first-order chi connectivity index (χ1) is 20.9. The van der Waals surface area contributed by atoms with Crippen molar-refractivity contribution < 1.29 is 19.4 Å². The van der Waals surface area contributed by atoms with E-state index in [1.165, 1.54) is 0 Å². The molecule has 0 atom stereocenters. The lowest BCUT2D eigenvalue weighted by atomic mass is 9.90. The summed E-state index contributed by atoms with van der Waals surface area (Å²) >= 11 is 13.1. The standard InChI is InChI=1S/C36H29Cl2NO4/c37-28-14-7-13-27(22-28)30-20-26(19-25-11-5-2-6-12-25)21-31(35(30)43-23-33(40)41)29-15-8-16-32(38)34(29)36(42)39-18-17-24-9-3-1-4-10-24/h1-16,20-22H,17-19,23H2,(H,39,42)(H,40,41). The van der Waals surface area contributed by atoms with Gasteiger partial charge in [-0.15, -0.1) is 0 Å². The van der Waals surface area contributed by atoms with Crippen LogP contribution in [0.1, 0.15) is 27.0 Å². The molecule has 0 saturated carbocycles. The molecule has 5 aromatic carbocycles. The number of ether oxygens (including phenoxy) is 1. The molecule has 0 heterocycles. The van der Waals surface area contributed by atoms with Crippen molar-refractivity contribution in [2.24, 2.45) is 0 Å². The van der Waals surface area contributed by atoms with Gasteiger partial charge in [0.05, 0.1) is 10.6 Å². The number of nitrogens with one attached hydrogen (secondary N) is 1. The van der Waals surface area contributed by atoms with E-state index < -0.39 is 12.6 Å². The molecule has 5 nitrogen and oxygen atoms in total. The third kappa shape index (κ3) is 7.63. The lowest BCUT2D eigenvalue weighted by Crippen LogP contribution is -2.26. The maximum atomic E-state index is 13.7. The molecule has 0 aliphatic heterocycles. The van der Waals surface area contributed by atoms with Crippen LogP contribution in [0.5, 0.6) is 5.75 Å². The van der Waals surface area contributed by atoms with Crippen molar-refractivity contribution in [1.29, 1.82) is 0 Å². The summed E-state index contributed by atoms with van der Waals surface area (Å²) in [6, 6.07) is 36.3. The van der Waals surface area contributed by atoms with Gasteiger partial charge in [0.15, 0.2) is 6.61 Å². The van der Waals surface area contributed by atoms with Crippen LogP contribution in [0.15, 0.2) is 115 Å². The Kier molecular flexibility index (Phi) is 9.77. The predicted molar refractivity (Wildman–Crippen MR) is 172 cm³/mol. The number of hydrogen-bond acceptors (Lipinski definition) is 3. The Bertz CT molecular complexity index is 1740. The molecule has 43 heavy (non-hydrogen) atoms. The van der Waals surface area contributed by atoms with Crippen molar-refractivity contribution in [3.05, 3.63) is 148 Å². The Hall–Kier alpha value is -4.58. The van der Waals surface area contributed by atoms with Gasteiger partial charge in [-0.05, 0) is 71.0 Å². The monoisotopic (exact) mass is 609 g/mol. The summed E-state index contributed by atoms with van der Waals surface area (Å²) in [5.74, 6) is -1.14. The zero-order chi connectivity index (χ0) is 30.2. The van der Waals surface area contributed by atoms with Gasteiger partial charge in [-0.2, -0.15) is 0 Å². The maximum absolute atomic E-state index is 13.7. The Morgan fingerprint density at radius 2 is 1.37 bits per heavy atom. The van der Waals surface area contributed by atoms with E-state index in [0.29, 0.717) is 46.8 Å². The average Bonchev–Trinajstić information content (AvgIpc) is 3.01. The molecule has 0 unspecified atom stereocenters. The molecule has 0 radical (unpaired) electrons. The van der Waals surface area contributed by atoms with E-state index in [0.717, 1.165) is 22.3 Å². The van der Waals surface area contributed by atoms with Crippen LogP contribution in [0.25, 0.3) is 22.3 Å². The van der Waals surface area contributed by atoms with E-state index in [1.807, 2.05) is 84.9 Å². The summed E-state index contributed by atoms with van der Waals surface area (Å²) < 4.78 is 5.98. The first kappa shape index (κ1) is 29.9. The number of carboxylic acid groups (broad SMARTS) is 1. The molecule has 1 amide bonds. The molecule has 0 aliphatic rings. The van der Waals surface area contributed by atoms with Gasteiger partial charge in [-0.25, -0.2) is 4.79 Å². The minimum atomic E-state index is -1.12. The second-order valence-electron chi connectivity index (χ2n) is 10.0. The number of hydrogen-bond donors (Lipinski definition) is 2. The van der Waals surface area contributed by atoms with Crippen LogP contribution >= 0.6 is 23.2 Å². The van der Waals surface area contributed by atoms with Crippen LogP contribution < -0.4 is 10.1 Å². The Labute approximate surface area is 260 Å². The minimum absolute atomic E-state index is 0.275. The Morgan fingerprint density at radius 1 is 0.698 bits per heavy atom. The first-order valence-corrected chi connectivity index (χ1v) is 14.6. The maximum Gasteiger partial charge on any atom is 0.341 e. The van der Waals surface area contributed by atoms with Gasteiger partial charge < -0.3 is 15.2 Å². The van der Waals surface area contributed by atoms with Crippen molar-refractivity contribution >= 4 is 35.1 Å². The third-order valence-electron chi connectivity index (χ3n) is 6.95. The fourth-order valence-electron chi connectivity index (χ4n) is 5.01. The van der Waals surface area contributed by atoms with Gasteiger partial charge >= 0.3 is 5.97 Å². The van der Waals surface area contributed by atoms with E-state index >= 15 is 0 Å². The predicted octanol–water partition coefficient (Wildman–Crippen LogP) is 8.35. The number of benzene rings is 5. The highest BCUT2D eigenvalue weighted by molar-refractivity contribution is 6.34. The molecule has 0 saturated heterocycles. The number of rotatable bonds is 11. The smallest absolute Gasteiger partial charge is 0.341 e. The number of aliphatic carboxylic acids is 1.